The number of nitrogens with one attached hydrogen (secondary N) is 2. The number of rotatable bonds is 7. The number of likely N-dealkylation sites (tertiary alicyclic amines) is 1. The Morgan fingerprint density at radius 2 is 1.86 bits per heavy atom. The number of benzene rings is 1. The van der Waals surface area contributed by atoms with Gasteiger partial charge in [0.25, 0.3) is 5.91 Å². The van der Waals surface area contributed by atoms with Crippen LogP contribution in [0.1, 0.15) is 34.1 Å². The molecule has 1 aromatic rings. The zero-order chi connectivity index (χ0) is 31.9. The summed E-state index contributed by atoms with van der Waals surface area (Å²) in [5, 5.41) is 3.76. The highest BCUT2D eigenvalue weighted by molar-refractivity contribution is 6.03. The topological polar surface area (TPSA) is 160 Å². The molecule has 2 aliphatic rings. The summed E-state index contributed by atoms with van der Waals surface area (Å²) in [5.41, 5.74) is 2.17. The van der Waals surface area contributed by atoms with Crippen LogP contribution < -0.4 is 21.1 Å². The van der Waals surface area contributed by atoms with E-state index in [0.717, 1.165) is 29.8 Å². The first-order valence-electron chi connectivity index (χ1n) is 12.5. The summed E-state index contributed by atoms with van der Waals surface area (Å²) in [7, 11) is 1.07. The number of hydrogen-bond donors (Lipinski definition) is 3. The summed E-state index contributed by atoms with van der Waals surface area (Å²) >= 11 is 0. The van der Waals surface area contributed by atoms with Gasteiger partial charge in [-0.05, 0) is 27.7 Å². The number of primary amides is 1. The summed E-state index contributed by atoms with van der Waals surface area (Å²) in [4.78, 5) is 65.4. The number of fused-ring (bicyclic) bond motifs is 1. The van der Waals surface area contributed by atoms with E-state index in [1.54, 1.807) is 20.8 Å². The Hall–Kier alpha value is -4.02. The van der Waals surface area contributed by atoms with Gasteiger partial charge in [-0.15, -0.1) is 0 Å². The predicted octanol–water partition coefficient (Wildman–Crippen LogP) is 0.830. The number of nitrogens with zero attached hydrogens (tertiary/aromatic N) is 2. The van der Waals surface area contributed by atoms with E-state index in [0.29, 0.717) is 6.07 Å². The average Bonchev–Trinajstić information content (AvgIpc) is 3.24. The largest absolute Gasteiger partial charge is 0.473 e. The molecule has 1 aromatic carbocycles. The summed E-state index contributed by atoms with van der Waals surface area (Å²) in [6, 6.07) is -3.52. The number of carbonyl (C=O) groups excluding carboxylic acids is 5. The van der Waals surface area contributed by atoms with Crippen LogP contribution in [0.5, 0.6) is 5.75 Å². The second kappa shape index (κ2) is 11.3. The second-order valence-electron chi connectivity index (χ2n) is 11.0. The van der Waals surface area contributed by atoms with Gasteiger partial charge in [-0.2, -0.15) is 13.2 Å². The van der Waals surface area contributed by atoms with Crippen LogP contribution in [0.15, 0.2) is 12.1 Å². The minimum absolute atomic E-state index is 0.404. The number of carbonyl (C=O) groups is 5. The molecule has 1 saturated heterocycles. The van der Waals surface area contributed by atoms with Crippen LogP contribution in [-0.4, -0.2) is 95.0 Å². The average molecular weight is 608 g/mol. The van der Waals surface area contributed by atoms with Crippen molar-refractivity contribution in [3.63, 3.8) is 0 Å². The fraction of sp³-hybridized carbons (Fsp3) is 0.560. The van der Waals surface area contributed by atoms with Crippen molar-refractivity contribution in [2.75, 3.05) is 25.5 Å². The molecule has 0 radical (unpaired) electrons. The van der Waals surface area contributed by atoms with E-state index in [4.69, 9.17) is 15.2 Å². The molecular formula is C25H30F5N5O7. The van der Waals surface area contributed by atoms with Crippen molar-refractivity contribution in [2.24, 2.45) is 5.73 Å². The van der Waals surface area contributed by atoms with E-state index in [1.165, 1.54) is 5.32 Å². The molecule has 0 aromatic heterocycles. The van der Waals surface area contributed by atoms with Gasteiger partial charge in [0.2, 0.25) is 23.3 Å². The third-order valence-electron chi connectivity index (χ3n) is 6.66. The van der Waals surface area contributed by atoms with E-state index in [9.17, 15) is 45.9 Å². The molecule has 4 atom stereocenters. The zero-order valence-electron chi connectivity index (χ0n) is 23.2. The lowest BCUT2D eigenvalue weighted by atomic mass is 9.96. The van der Waals surface area contributed by atoms with Crippen LogP contribution in [-0.2, 0) is 28.7 Å². The fourth-order valence-electron chi connectivity index (χ4n) is 4.50. The van der Waals surface area contributed by atoms with E-state index in [-0.39, 0.29) is 0 Å². The lowest BCUT2D eigenvalue weighted by Crippen LogP contribution is -2.59. The second-order valence-corrected chi connectivity index (χ2v) is 11.0. The number of alkyl halides is 3. The van der Waals surface area contributed by atoms with Gasteiger partial charge in [0, 0.05) is 25.6 Å². The minimum atomic E-state index is -5.28. The van der Waals surface area contributed by atoms with Gasteiger partial charge >= 0.3 is 12.1 Å². The first-order valence-corrected chi connectivity index (χ1v) is 12.5. The molecule has 42 heavy (non-hydrogen) atoms. The van der Waals surface area contributed by atoms with E-state index >= 15 is 0 Å². The van der Waals surface area contributed by atoms with Crippen LogP contribution in [0.25, 0.3) is 0 Å². The maximum absolute atomic E-state index is 14.2. The third kappa shape index (κ3) is 6.71. The van der Waals surface area contributed by atoms with E-state index < -0.39 is 108 Å². The molecular weight excluding hydrogens is 577 g/mol. The molecule has 1 spiro atoms. The third-order valence-corrected chi connectivity index (χ3v) is 6.66. The van der Waals surface area contributed by atoms with Crippen molar-refractivity contribution in [3.05, 3.63) is 23.8 Å². The SMILES string of the molecule is CC(NC(=O)C(F)(F)F)C(=O)N(C)C(COC(C)(C)C)C(=O)N1C[C@@]2(C[C@H]1C(N)=O)Oc1cc(F)cc(F)c1NC2=O. The van der Waals surface area contributed by atoms with Crippen molar-refractivity contribution < 1.29 is 55.4 Å². The van der Waals surface area contributed by atoms with Gasteiger partial charge in [0.1, 0.15) is 29.6 Å². The summed E-state index contributed by atoms with van der Waals surface area (Å²) < 4.78 is 77.7. The molecule has 1 fully saturated rings. The fourth-order valence-corrected chi connectivity index (χ4v) is 4.50. The van der Waals surface area contributed by atoms with Crippen LogP contribution in [0.3, 0.4) is 0 Å². The summed E-state index contributed by atoms with van der Waals surface area (Å²) in [6.07, 6.45) is -5.80. The van der Waals surface area contributed by atoms with E-state index in [2.05, 4.69) is 5.32 Å². The molecule has 12 nitrogen and oxygen atoms in total. The van der Waals surface area contributed by atoms with Gasteiger partial charge in [-0.3, -0.25) is 24.0 Å². The molecule has 2 heterocycles. The summed E-state index contributed by atoms with van der Waals surface area (Å²) in [6.45, 7) is 4.66. The predicted molar refractivity (Wildman–Crippen MR) is 134 cm³/mol. The van der Waals surface area contributed by atoms with Gasteiger partial charge in [-0.1, -0.05) is 0 Å². The van der Waals surface area contributed by atoms with Gasteiger partial charge in [0.05, 0.1) is 18.8 Å². The quantitative estimate of drug-likeness (QED) is 0.387. The van der Waals surface area contributed by atoms with Crippen LogP contribution in [0.2, 0.25) is 0 Å². The lowest BCUT2D eigenvalue weighted by Gasteiger charge is -2.36. The molecule has 17 heteroatoms. The molecule has 4 N–H and O–H groups in total. The number of halogens is 5. The molecule has 0 saturated carbocycles. The molecule has 232 valence electrons. The van der Waals surface area contributed by atoms with Gasteiger partial charge in [-0.25, -0.2) is 8.78 Å². The van der Waals surface area contributed by atoms with Crippen LogP contribution in [0, 0.1) is 11.6 Å². The lowest BCUT2D eigenvalue weighted by molar-refractivity contribution is -0.175. The van der Waals surface area contributed by atoms with Crippen molar-refractivity contribution in [2.45, 2.75) is 69.6 Å². The van der Waals surface area contributed by atoms with Gasteiger partial charge in [0.15, 0.2) is 11.6 Å². The highest BCUT2D eigenvalue weighted by atomic mass is 19.4. The van der Waals surface area contributed by atoms with Crippen LogP contribution >= 0.6 is 0 Å². The van der Waals surface area contributed by atoms with Crippen molar-refractivity contribution in [1.29, 1.82) is 0 Å². The maximum Gasteiger partial charge on any atom is 0.471 e. The minimum Gasteiger partial charge on any atom is -0.473 e. The van der Waals surface area contributed by atoms with E-state index in [1.807, 2.05) is 0 Å². The number of ether oxygens (including phenoxy) is 2. The molecule has 0 bridgehead atoms. The number of nitrogens with two attached hydrogens (primary N) is 1. The maximum atomic E-state index is 14.2. The molecule has 2 aliphatic heterocycles. The first kappa shape index (κ1) is 32.5. The first-order chi connectivity index (χ1) is 19.2. The number of hydrogen-bond acceptors (Lipinski definition) is 7. The highest BCUT2D eigenvalue weighted by Crippen LogP contribution is 2.42. The Kier molecular flexibility index (Phi) is 8.77. The Balaban J connectivity index is 1.95. The van der Waals surface area contributed by atoms with Crippen molar-refractivity contribution >= 4 is 35.2 Å². The van der Waals surface area contributed by atoms with Gasteiger partial charge < -0.3 is 35.6 Å². The van der Waals surface area contributed by atoms with Crippen molar-refractivity contribution in [1.82, 2.24) is 15.1 Å². The number of amides is 5. The molecule has 3 rings (SSSR count). The highest BCUT2D eigenvalue weighted by Gasteiger charge is 2.58. The Bertz CT molecular complexity index is 1300. The number of anilines is 1. The zero-order valence-corrected chi connectivity index (χ0v) is 23.2. The Morgan fingerprint density at radius 1 is 1.24 bits per heavy atom. The normalized spacial score (nSPS) is 21.6. The van der Waals surface area contributed by atoms with Crippen LogP contribution in [0.4, 0.5) is 27.6 Å². The Morgan fingerprint density at radius 3 is 2.40 bits per heavy atom. The Labute approximate surface area is 236 Å². The summed E-state index contributed by atoms with van der Waals surface area (Å²) in [5.74, 6) is -9.09. The van der Waals surface area contributed by atoms with Crippen molar-refractivity contribution in [3.8, 4) is 5.75 Å². The molecule has 5 amide bonds. The smallest absolute Gasteiger partial charge is 0.471 e. The standard InChI is InChI=1S/C25H30F5N5O7/c1-11(32-22(40)25(28,29)30)19(37)34(5)15(9-41-23(2,3)4)20(38)35-10-24(8-14(35)18(31)36)21(39)33-17-13(27)6-12(26)7-16(17)42-24/h6-7,11,14-15H,8-10H2,1-5H3,(H2,31,36)(H,32,40)(H,33,39)/t11?,14-,15?,24+/m0/s1. The number of likely N-dealkylation sites (N-methyl/N-ethyl adjacent to an activating group) is 1. The molecule has 2 unspecified atom stereocenters. The molecule has 0 aliphatic carbocycles. The monoisotopic (exact) mass is 607 g/mol.